The number of H-pyrrole nitrogens is 1. The molecule has 0 atom stereocenters. The summed E-state index contributed by atoms with van der Waals surface area (Å²) in [6.45, 7) is 7.15. The molecule has 2 amide bonds. The molecule has 0 aliphatic rings. The topological polar surface area (TPSA) is 84.1 Å². The van der Waals surface area contributed by atoms with Gasteiger partial charge in [-0.25, -0.2) is 0 Å². The third-order valence-corrected chi connectivity index (χ3v) is 6.32. The van der Waals surface area contributed by atoms with E-state index in [2.05, 4.69) is 11.1 Å². The van der Waals surface area contributed by atoms with E-state index < -0.39 is 5.41 Å². The van der Waals surface area contributed by atoms with E-state index in [0.717, 1.165) is 22.0 Å². The fourth-order valence-electron chi connectivity index (χ4n) is 4.28. The standard InChI is InChI=1S/C29H39N3O5/c1-29(2,3)28(34)32(15-16-35-4)20-27(33)31(19-21-11-12-25(36-5)26(17-21)37-6)14-13-22-18-30-24-10-8-7-9-23(22)24/h7-12,17-18,30H,13-16,19-20H2,1-6H3. The molecule has 0 unspecified atom stereocenters. The van der Waals surface area contributed by atoms with Crippen molar-refractivity contribution in [2.75, 3.05) is 47.6 Å². The lowest BCUT2D eigenvalue weighted by molar-refractivity contribution is -0.146. The third kappa shape index (κ3) is 7.26. The quantitative estimate of drug-likeness (QED) is 0.394. The number of hydrogen-bond acceptors (Lipinski definition) is 5. The first-order valence-electron chi connectivity index (χ1n) is 12.5. The molecule has 37 heavy (non-hydrogen) atoms. The first-order valence-corrected chi connectivity index (χ1v) is 12.5. The fourth-order valence-corrected chi connectivity index (χ4v) is 4.28. The number of aromatic amines is 1. The lowest BCUT2D eigenvalue weighted by Crippen LogP contribution is -2.47. The predicted molar refractivity (Wildman–Crippen MR) is 145 cm³/mol. The van der Waals surface area contributed by atoms with Gasteiger partial charge in [0.25, 0.3) is 0 Å². The van der Waals surface area contributed by atoms with Gasteiger partial charge < -0.3 is 29.0 Å². The van der Waals surface area contributed by atoms with Crippen molar-refractivity contribution < 1.29 is 23.8 Å². The molecule has 8 nitrogen and oxygen atoms in total. The van der Waals surface area contributed by atoms with Crippen LogP contribution in [-0.2, 0) is 27.3 Å². The Hall–Kier alpha value is -3.52. The molecule has 0 radical (unpaired) electrons. The number of rotatable bonds is 12. The zero-order chi connectivity index (χ0) is 27.0. The molecule has 1 N–H and O–H groups in total. The summed E-state index contributed by atoms with van der Waals surface area (Å²) in [6.07, 6.45) is 2.67. The maximum absolute atomic E-state index is 13.7. The molecule has 0 saturated heterocycles. The molecule has 200 valence electrons. The van der Waals surface area contributed by atoms with Gasteiger partial charge >= 0.3 is 0 Å². The van der Waals surface area contributed by atoms with Gasteiger partial charge in [0.1, 0.15) is 0 Å². The number of fused-ring (bicyclic) bond motifs is 1. The molecular weight excluding hydrogens is 470 g/mol. The van der Waals surface area contributed by atoms with Crippen LogP contribution in [0.15, 0.2) is 48.7 Å². The molecule has 3 aromatic rings. The Kier molecular flexibility index (Phi) is 9.58. The van der Waals surface area contributed by atoms with Gasteiger partial charge in [-0.1, -0.05) is 45.0 Å². The highest BCUT2D eigenvalue weighted by atomic mass is 16.5. The van der Waals surface area contributed by atoms with Crippen molar-refractivity contribution in [3.63, 3.8) is 0 Å². The van der Waals surface area contributed by atoms with Crippen molar-refractivity contribution in [2.24, 2.45) is 5.41 Å². The number of carbonyl (C=O) groups is 2. The Morgan fingerprint density at radius 2 is 1.65 bits per heavy atom. The summed E-state index contributed by atoms with van der Waals surface area (Å²) >= 11 is 0. The number of nitrogens with one attached hydrogen (secondary N) is 1. The lowest BCUT2D eigenvalue weighted by Gasteiger charge is -2.31. The Morgan fingerprint density at radius 3 is 2.32 bits per heavy atom. The smallest absolute Gasteiger partial charge is 0.242 e. The largest absolute Gasteiger partial charge is 0.493 e. The Balaban J connectivity index is 1.85. The first kappa shape index (κ1) is 28.1. The van der Waals surface area contributed by atoms with Crippen LogP contribution in [0.5, 0.6) is 11.5 Å². The minimum Gasteiger partial charge on any atom is -0.493 e. The van der Waals surface area contributed by atoms with E-state index in [1.165, 1.54) is 0 Å². The molecule has 0 aliphatic carbocycles. The molecule has 0 spiro atoms. The van der Waals surface area contributed by atoms with E-state index in [1.807, 2.05) is 63.4 Å². The van der Waals surface area contributed by atoms with Crippen LogP contribution >= 0.6 is 0 Å². The summed E-state index contributed by atoms with van der Waals surface area (Å²) in [5.41, 5.74) is 2.52. The van der Waals surface area contributed by atoms with Crippen LogP contribution in [0, 0.1) is 5.41 Å². The normalized spacial score (nSPS) is 11.4. The average Bonchev–Trinajstić information content (AvgIpc) is 3.30. The summed E-state index contributed by atoms with van der Waals surface area (Å²) in [7, 11) is 4.77. The number of benzene rings is 2. The first-order chi connectivity index (χ1) is 17.7. The highest BCUT2D eigenvalue weighted by molar-refractivity contribution is 5.87. The SMILES string of the molecule is COCCN(CC(=O)N(CCc1c[nH]c2ccccc12)Cc1ccc(OC)c(OC)c1)C(=O)C(C)(C)C. The lowest BCUT2D eigenvalue weighted by atomic mass is 9.94. The Bertz CT molecular complexity index is 1200. The van der Waals surface area contributed by atoms with Crippen LogP contribution in [0.3, 0.4) is 0 Å². The molecule has 1 heterocycles. The molecule has 0 bridgehead atoms. The van der Waals surface area contributed by atoms with Crippen LogP contribution in [0.4, 0.5) is 0 Å². The van der Waals surface area contributed by atoms with Crippen molar-refractivity contribution in [1.29, 1.82) is 0 Å². The molecule has 8 heteroatoms. The second-order valence-corrected chi connectivity index (χ2v) is 10.1. The average molecular weight is 510 g/mol. The van der Waals surface area contributed by atoms with Crippen LogP contribution in [-0.4, -0.2) is 74.2 Å². The predicted octanol–water partition coefficient (Wildman–Crippen LogP) is 4.28. The van der Waals surface area contributed by atoms with Crippen LogP contribution < -0.4 is 9.47 Å². The Morgan fingerprint density at radius 1 is 0.919 bits per heavy atom. The van der Waals surface area contributed by atoms with E-state index in [9.17, 15) is 9.59 Å². The molecule has 0 aliphatic heterocycles. The number of carbonyl (C=O) groups excluding carboxylic acids is 2. The second-order valence-electron chi connectivity index (χ2n) is 10.1. The molecule has 3 rings (SSSR count). The van der Waals surface area contributed by atoms with Crippen LogP contribution in [0.25, 0.3) is 10.9 Å². The van der Waals surface area contributed by atoms with Gasteiger partial charge in [-0.05, 0) is 35.7 Å². The number of aromatic nitrogens is 1. The van der Waals surface area contributed by atoms with E-state index >= 15 is 0 Å². The summed E-state index contributed by atoms with van der Waals surface area (Å²) in [4.78, 5) is 33.5. The number of nitrogens with zero attached hydrogens (tertiary/aromatic N) is 2. The monoisotopic (exact) mass is 509 g/mol. The number of para-hydroxylation sites is 1. The van der Waals surface area contributed by atoms with Crippen molar-refractivity contribution in [1.82, 2.24) is 14.8 Å². The zero-order valence-electron chi connectivity index (χ0n) is 22.8. The van der Waals surface area contributed by atoms with Crippen molar-refractivity contribution in [3.05, 3.63) is 59.8 Å². The minimum absolute atomic E-state index is 0.0133. The van der Waals surface area contributed by atoms with Gasteiger partial charge in [-0.2, -0.15) is 0 Å². The molecule has 2 aromatic carbocycles. The number of hydrogen-bond donors (Lipinski definition) is 1. The molecular formula is C29H39N3O5. The van der Waals surface area contributed by atoms with E-state index in [1.54, 1.807) is 31.1 Å². The van der Waals surface area contributed by atoms with Crippen molar-refractivity contribution in [3.8, 4) is 11.5 Å². The minimum atomic E-state index is -0.605. The summed E-state index contributed by atoms with van der Waals surface area (Å²) in [5, 5.41) is 1.14. The molecule has 0 saturated carbocycles. The van der Waals surface area contributed by atoms with E-state index in [0.29, 0.717) is 44.2 Å². The highest BCUT2D eigenvalue weighted by Crippen LogP contribution is 2.28. The third-order valence-electron chi connectivity index (χ3n) is 6.32. The summed E-state index contributed by atoms with van der Waals surface area (Å²) in [5.74, 6) is 1.03. The molecule has 1 aromatic heterocycles. The maximum atomic E-state index is 13.7. The van der Waals surface area contributed by atoms with Crippen LogP contribution in [0.2, 0.25) is 0 Å². The number of amides is 2. The second kappa shape index (κ2) is 12.6. The van der Waals surface area contributed by atoms with Crippen LogP contribution in [0.1, 0.15) is 31.9 Å². The number of methoxy groups -OCH3 is 3. The highest BCUT2D eigenvalue weighted by Gasteiger charge is 2.29. The van der Waals surface area contributed by atoms with E-state index in [4.69, 9.17) is 14.2 Å². The van der Waals surface area contributed by atoms with Gasteiger partial charge in [-0.15, -0.1) is 0 Å². The maximum Gasteiger partial charge on any atom is 0.242 e. The van der Waals surface area contributed by atoms with Gasteiger partial charge in [-0.3, -0.25) is 9.59 Å². The summed E-state index contributed by atoms with van der Waals surface area (Å²) < 4.78 is 16.0. The van der Waals surface area contributed by atoms with Gasteiger partial charge in [0, 0.05) is 49.3 Å². The fraction of sp³-hybridized carbons (Fsp3) is 0.448. The summed E-state index contributed by atoms with van der Waals surface area (Å²) in [6, 6.07) is 13.8. The Labute approximate surface area is 219 Å². The van der Waals surface area contributed by atoms with Gasteiger partial charge in [0.15, 0.2) is 11.5 Å². The van der Waals surface area contributed by atoms with Crippen molar-refractivity contribution >= 4 is 22.7 Å². The molecule has 0 fully saturated rings. The van der Waals surface area contributed by atoms with Gasteiger partial charge in [0.05, 0.1) is 27.4 Å². The van der Waals surface area contributed by atoms with Crippen molar-refractivity contribution in [2.45, 2.75) is 33.7 Å². The van der Waals surface area contributed by atoms with Gasteiger partial charge in [0.2, 0.25) is 11.8 Å². The zero-order valence-corrected chi connectivity index (χ0v) is 22.8. The number of ether oxygens (including phenoxy) is 3. The van der Waals surface area contributed by atoms with E-state index in [-0.39, 0.29) is 18.4 Å².